The third-order valence-electron chi connectivity index (χ3n) is 4.02. The number of hydrogen-bond donors (Lipinski definition) is 2. The fraction of sp³-hybridized carbons (Fsp3) is 0.100. The summed E-state index contributed by atoms with van der Waals surface area (Å²) in [5.74, 6) is -1.55. The number of aryl methyl sites for hydroxylation is 1. The number of hydrazine groups is 1. The van der Waals surface area contributed by atoms with Crippen molar-refractivity contribution in [1.29, 1.82) is 0 Å². The minimum absolute atomic E-state index is 0.0485. The Kier molecular flexibility index (Phi) is 6.16. The number of ether oxygens (including phenoxy) is 1. The van der Waals surface area contributed by atoms with Gasteiger partial charge in [-0.05, 0) is 18.2 Å². The molecule has 0 spiro atoms. The zero-order valence-electron chi connectivity index (χ0n) is 15.6. The van der Waals surface area contributed by atoms with Crippen molar-refractivity contribution in [3.05, 3.63) is 76.2 Å². The molecule has 2 N–H and O–H groups in total. The Balaban J connectivity index is 1.71. The zero-order chi connectivity index (χ0) is 21.7. The Bertz CT molecular complexity index is 1190. The van der Waals surface area contributed by atoms with Gasteiger partial charge in [0.25, 0.3) is 17.4 Å². The summed E-state index contributed by atoms with van der Waals surface area (Å²) in [5, 5.41) is 4.59. The number of fused-ring (bicyclic) bond motifs is 1. The Hall–Kier alpha value is -4.08. The summed E-state index contributed by atoms with van der Waals surface area (Å²) in [6, 6.07) is 12.4. The second-order valence-corrected chi connectivity index (χ2v) is 6.02. The van der Waals surface area contributed by atoms with Crippen LogP contribution in [0, 0.1) is 0 Å². The Labute approximate surface area is 168 Å². The first-order chi connectivity index (χ1) is 14.4. The molecule has 1 heterocycles. The van der Waals surface area contributed by atoms with E-state index in [1.165, 1.54) is 31.3 Å². The van der Waals surface area contributed by atoms with Gasteiger partial charge in [-0.3, -0.25) is 25.2 Å². The zero-order valence-corrected chi connectivity index (χ0v) is 15.6. The molecular formula is C20H16F2N4O4. The van der Waals surface area contributed by atoms with E-state index in [9.17, 15) is 23.2 Å². The SMILES string of the molecule is Cn1nc(C(=O)NNC(=O)/C=C/c2ccccc2OC(F)F)c2ccccc2c1=O. The van der Waals surface area contributed by atoms with E-state index in [-0.39, 0.29) is 22.6 Å². The predicted octanol–water partition coefficient (Wildman–Crippen LogP) is 2.01. The number of aromatic nitrogens is 2. The first-order valence-electron chi connectivity index (χ1n) is 8.65. The van der Waals surface area contributed by atoms with Crippen LogP contribution in [0.25, 0.3) is 16.8 Å². The van der Waals surface area contributed by atoms with Crippen molar-refractivity contribution in [2.45, 2.75) is 6.61 Å². The van der Waals surface area contributed by atoms with Crippen LogP contribution in [-0.4, -0.2) is 28.2 Å². The largest absolute Gasteiger partial charge is 0.434 e. The van der Waals surface area contributed by atoms with Gasteiger partial charge in [0.15, 0.2) is 5.69 Å². The van der Waals surface area contributed by atoms with E-state index in [4.69, 9.17) is 0 Å². The first-order valence-corrected chi connectivity index (χ1v) is 8.65. The molecule has 0 bridgehead atoms. The molecule has 0 aliphatic carbocycles. The lowest BCUT2D eigenvalue weighted by Gasteiger charge is -2.09. The van der Waals surface area contributed by atoms with Gasteiger partial charge in [0, 0.05) is 24.1 Å². The van der Waals surface area contributed by atoms with Crippen LogP contribution in [0.1, 0.15) is 16.1 Å². The predicted molar refractivity (Wildman–Crippen MR) is 105 cm³/mol. The van der Waals surface area contributed by atoms with Gasteiger partial charge in [-0.15, -0.1) is 0 Å². The number of rotatable bonds is 5. The number of nitrogens with one attached hydrogen (secondary N) is 2. The maximum Gasteiger partial charge on any atom is 0.387 e. The lowest BCUT2D eigenvalue weighted by atomic mass is 10.1. The van der Waals surface area contributed by atoms with Gasteiger partial charge in [-0.25, -0.2) is 4.68 Å². The van der Waals surface area contributed by atoms with Gasteiger partial charge >= 0.3 is 6.61 Å². The molecule has 10 heteroatoms. The van der Waals surface area contributed by atoms with Gasteiger partial charge in [-0.1, -0.05) is 36.4 Å². The molecular weight excluding hydrogens is 398 g/mol. The normalized spacial score (nSPS) is 11.1. The Morgan fingerprint density at radius 3 is 2.47 bits per heavy atom. The molecule has 0 radical (unpaired) electrons. The van der Waals surface area contributed by atoms with Crippen molar-refractivity contribution in [2.24, 2.45) is 7.05 Å². The monoisotopic (exact) mass is 414 g/mol. The second-order valence-electron chi connectivity index (χ2n) is 6.02. The van der Waals surface area contributed by atoms with Gasteiger partial charge < -0.3 is 4.74 Å². The van der Waals surface area contributed by atoms with Crippen molar-refractivity contribution in [2.75, 3.05) is 0 Å². The van der Waals surface area contributed by atoms with Gasteiger partial charge in [-0.2, -0.15) is 13.9 Å². The van der Waals surface area contributed by atoms with Crippen LogP contribution in [0.4, 0.5) is 8.78 Å². The smallest absolute Gasteiger partial charge is 0.387 e. The van der Waals surface area contributed by atoms with Crippen LogP contribution in [0.5, 0.6) is 5.75 Å². The molecule has 0 unspecified atom stereocenters. The van der Waals surface area contributed by atoms with Crippen molar-refractivity contribution in [3.8, 4) is 5.75 Å². The lowest BCUT2D eigenvalue weighted by molar-refractivity contribution is -0.117. The number of carbonyl (C=O) groups excluding carboxylic acids is 2. The summed E-state index contributed by atoms with van der Waals surface area (Å²) in [6.45, 7) is -3.00. The maximum absolute atomic E-state index is 12.4. The summed E-state index contributed by atoms with van der Waals surface area (Å²) in [6.07, 6.45) is 2.30. The fourth-order valence-electron chi connectivity index (χ4n) is 2.67. The van der Waals surface area contributed by atoms with E-state index in [1.807, 2.05) is 0 Å². The van der Waals surface area contributed by atoms with E-state index in [0.29, 0.717) is 10.8 Å². The molecule has 3 aromatic rings. The standard InChI is InChI=1S/C20H16F2N4O4/c1-26-19(29)14-8-4-3-7-13(14)17(25-26)18(28)24-23-16(27)11-10-12-6-2-5-9-15(12)30-20(21)22/h2-11,20H,1H3,(H,23,27)(H,24,28)/b11-10+. The molecule has 30 heavy (non-hydrogen) atoms. The number of nitrogens with zero attached hydrogens (tertiary/aromatic N) is 2. The molecule has 0 saturated heterocycles. The quantitative estimate of drug-likeness (QED) is 0.491. The highest BCUT2D eigenvalue weighted by Gasteiger charge is 2.15. The van der Waals surface area contributed by atoms with Crippen molar-refractivity contribution in [3.63, 3.8) is 0 Å². The third kappa shape index (κ3) is 4.66. The van der Waals surface area contributed by atoms with Gasteiger partial charge in [0.05, 0.1) is 5.39 Å². The van der Waals surface area contributed by atoms with Gasteiger partial charge in [0.1, 0.15) is 5.75 Å². The highest BCUT2D eigenvalue weighted by atomic mass is 19.3. The molecule has 8 nitrogen and oxygen atoms in total. The average molecular weight is 414 g/mol. The van der Waals surface area contributed by atoms with E-state index in [2.05, 4.69) is 20.7 Å². The van der Waals surface area contributed by atoms with E-state index < -0.39 is 18.4 Å². The Morgan fingerprint density at radius 2 is 1.73 bits per heavy atom. The Morgan fingerprint density at radius 1 is 1.07 bits per heavy atom. The van der Waals surface area contributed by atoms with Crippen LogP contribution in [0.3, 0.4) is 0 Å². The van der Waals surface area contributed by atoms with Crippen LogP contribution in [0.15, 0.2) is 59.4 Å². The summed E-state index contributed by atoms with van der Waals surface area (Å²) in [5.41, 5.74) is 4.21. The second kappa shape index (κ2) is 8.95. The number of halogens is 2. The number of carbonyl (C=O) groups is 2. The fourth-order valence-corrected chi connectivity index (χ4v) is 2.67. The highest BCUT2D eigenvalue weighted by molar-refractivity contribution is 6.05. The minimum Gasteiger partial charge on any atom is -0.434 e. The first kappa shape index (κ1) is 20.6. The third-order valence-corrected chi connectivity index (χ3v) is 4.02. The molecule has 154 valence electrons. The molecule has 0 saturated carbocycles. The molecule has 0 aliphatic rings. The number of amides is 2. The molecule has 0 atom stereocenters. The molecule has 1 aromatic heterocycles. The van der Waals surface area contributed by atoms with Crippen LogP contribution in [-0.2, 0) is 11.8 Å². The molecule has 2 amide bonds. The van der Waals surface area contributed by atoms with Crippen LogP contribution in [0.2, 0.25) is 0 Å². The summed E-state index contributed by atoms with van der Waals surface area (Å²) < 4.78 is 30.3. The number of para-hydroxylation sites is 1. The maximum atomic E-state index is 12.4. The average Bonchev–Trinajstić information content (AvgIpc) is 2.73. The topological polar surface area (TPSA) is 102 Å². The number of alkyl halides is 2. The van der Waals surface area contributed by atoms with E-state index in [0.717, 1.165) is 10.8 Å². The van der Waals surface area contributed by atoms with Crippen molar-refractivity contribution in [1.82, 2.24) is 20.6 Å². The molecule has 0 fully saturated rings. The van der Waals surface area contributed by atoms with E-state index in [1.54, 1.807) is 30.3 Å². The minimum atomic E-state index is -3.00. The number of benzene rings is 2. The summed E-state index contributed by atoms with van der Waals surface area (Å²) >= 11 is 0. The van der Waals surface area contributed by atoms with Crippen LogP contribution >= 0.6 is 0 Å². The van der Waals surface area contributed by atoms with Crippen molar-refractivity contribution >= 4 is 28.7 Å². The summed E-state index contributed by atoms with van der Waals surface area (Å²) in [7, 11) is 1.41. The lowest BCUT2D eigenvalue weighted by Crippen LogP contribution is -2.42. The van der Waals surface area contributed by atoms with Gasteiger partial charge in [0.2, 0.25) is 0 Å². The van der Waals surface area contributed by atoms with Crippen molar-refractivity contribution < 1.29 is 23.1 Å². The van der Waals surface area contributed by atoms with E-state index >= 15 is 0 Å². The summed E-state index contributed by atoms with van der Waals surface area (Å²) in [4.78, 5) is 36.6. The molecule has 2 aromatic carbocycles. The molecule has 3 rings (SSSR count). The highest BCUT2D eigenvalue weighted by Crippen LogP contribution is 2.21. The van der Waals surface area contributed by atoms with Crippen LogP contribution < -0.4 is 21.1 Å². The number of hydrogen-bond acceptors (Lipinski definition) is 5. The molecule has 0 aliphatic heterocycles.